The first-order valence-corrected chi connectivity index (χ1v) is 7.56. The lowest BCUT2D eigenvalue weighted by Gasteiger charge is -2.34. The van der Waals surface area contributed by atoms with Crippen LogP contribution >= 0.6 is 0 Å². The van der Waals surface area contributed by atoms with Gasteiger partial charge in [-0.2, -0.15) is 0 Å². The second-order valence-electron chi connectivity index (χ2n) is 5.87. The summed E-state index contributed by atoms with van der Waals surface area (Å²) in [6, 6.07) is 0. The van der Waals surface area contributed by atoms with Crippen molar-refractivity contribution in [3.63, 3.8) is 0 Å². The van der Waals surface area contributed by atoms with E-state index in [4.69, 9.17) is 0 Å². The number of rotatable bonds is 3. The molecule has 0 aliphatic carbocycles. The Balaban J connectivity index is 1.63. The highest BCUT2D eigenvalue weighted by Gasteiger charge is 2.38. The summed E-state index contributed by atoms with van der Waals surface area (Å²) in [6.45, 7) is 5.96. The van der Waals surface area contributed by atoms with Gasteiger partial charge in [0.05, 0.1) is 6.20 Å². The largest absolute Gasteiger partial charge is 0.355 e. The van der Waals surface area contributed by atoms with E-state index in [0.29, 0.717) is 24.2 Å². The Kier molecular flexibility index (Phi) is 3.85. The molecule has 2 fully saturated rings. The van der Waals surface area contributed by atoms with Gasteiger partial charge in [0.1, 0.15) is 5.82 Å². The average Bonchev–Trinajstić information content (AvgIpc) is 2.91. The third-order valence-electron chi connectivity index (χ3n) is 4.49. The fourth-order valence-electron chi connectivity index (χ4n) is 3.41. The van der Waals surface area contributed by atoms with E-state index >= 15 is 0 Å². The normalized spacial score (nSPS) is 25.6. The van der Waals surface area contributed by atoms with Crippen molar-refractivity contribution in [1.82, 2.24) is 14.9 Å². The molecule has 0 saturated carbocycles. The monoisotopic (exact) mass is 274 g/mol. The van der Waals surface area contributed by atoms with E-state index in [0.717, 1.165) is 44.8 Å². The summed E-state index contributed by atoms with van der Waals surface area (Å²) in [5, 5.41) is 0. The molecule has 0 radical (unpaired) electrons. The first-order chi connectivity index (χ1) is 9.78. The van der Waals surface area contributed by atoms with E-state index in [9.17, 15) is 4.79 Å². The van der Waals surface area contributed by atoms with Crippen LogP contribution in [0.25, 0.3) is 0 Å². The van der Waals surface area contributed by atoms with Crippen LogP contribution in [0.1, 0.15) is 26.2 Å². The topological polar surface area (TPSA) is 49.3 Å². The molecule has 20 heavy (non-hydrogen) atoms. The summed E-state index contributed by atoms with van der Waals surface area (Å²) in [5.41, 5.74) is 0. The molecule has 0 bridgehead atoms. The van der Waals surface area contributed by atoms with Crippen molar-refractivity contribution in [3.05, 3.63) is 18.6 Å². The Bertz CT molecular complexity index is 464. The predicted octanol–water partition coefficient (Wildman–Crippen LogP) is 1.56. The third-order valence-corrected chi connectivity index (χ3v) is 4.49. The highest BCUT2D eigenvalue weighted by Crippen LogP contribution is 2.32. The smallest absolute Gasteiger partial charge is 0.222 e. The first kappa shape index (κ1) is 13.3. The molecule has 1 amide bonds. The van der Waals surface area contributed by atoms with Gasteiger partial charge in [-0.1, -0.05) is 6.92 Å². The van der Waals surface area contributed by atoms with E-state index in [-0.39, 0.29) is 0 Å². The minimum atomic E-state index is 0.327. The number of aromatic nitrogens is 2. The third kappa shape index (κ3) is 2.62. The van der Waals surface area contributed by atoms with Crippen molar-refractivity contribution >= 4 is 11.7 Å². The van der Waals surface area contributed by atoms with Crippen LogP contribution in [0.5, 0.6) is 0 Å². The quantitative estimate of drug-likeness (QED) is 0.839. The number of anilines is 1. The maximum Gasteiger partial charge on any atom is 0.222 e. The molecule has 3 heterocycles. The van der Waals surface area contributed by atoms with Crippen LogP contribution in [-0.2, 0) is 4.79 Å². The van der Waals surface area contributed by atoms with Crippen molar-refractivity contribution in [2.75, 3.05) is 31.1 Å². The lowest BCUT2D eigenvalue weighted by molar-refractivity contribution is -0.130. The van der Waals surface area contributed by atoms with Crippen molar-refractivity contribution in [2.24, 2.45) is 11.8 Å². The molecule has 0 aromatic carbocycles. The number of hydrogen-bond donors (Lipinski definition) is 0. The van der Waals surface area contributed by atoms with Gasteiger partial charge in [0.2, 0.25) is 5.91 Å². The van der Waals surface area contributed by atoms with E-state index in [1.807, 2.05) is 6.20 Å². The summed E-state index contributed by atoms with van der Waals surface area (Å²) in [4.78, 5) is 24.9. The first-order valence-electron chi connectivity index (χ1n) is 7.56. The fraction of sp³-hybridized carbons (Fsp3) is 0.667. The second kappa shape index (κ2) is 5.77. The summed E-state index contributed by atoms with van der Waals surface area (Å²) in [5.74, 6) is 2.55. The number of likely N-dealkylation sites (tertiary alicyclic amines) is 1. The van der Waals surface area contributed by atoms with Crippen LogP contribution in [0.2, 0.25) is 0 Å². The molecular weight excluding hydrogens is 252 g/mol. The summed E-state index contributed by atoms with van der Waals surface area (Å²) >= 11 is 0. The van der Waals surface area contributed by atoms with Crippen LogP contribution in [0.4, 0.5) is 5.82 Å². The second-order valence-corrected chi connectivity index (χ2v) is 5.87. The summed E-state index contributed by atoms with van der Waals surface area (Å²) < 4.78 is 0. The number of hydrogen-bond acceptors (Lipinski definition) is 4. The molecule has 0 unspecified atom stereocenters. The van der Waals surface area contributed by atoms with Gasteiger partial charge < -0.3 is 9.80 Å². The lowest BCUT2D eigenvalue weighted by atomic mass is 9.89. The Hall–Kier alpha value is -1.65. The van der Waals surface area contributed by atoms with Crippen LogP contribution in [-0.4, -0.2) is 47.0 Å². The molecule has 5 heteroatoms. The van der Waals surface area contributed by atoms with Gasteiger partial charge in [0.15, 0.2) is 0 Å². The Morgan fingerprint density at radius 2 is 2.15 bits per heavy atom. The van der Waals surface area contributed by atoms with E-state index in [1.165, 1.54) is 0 Å². The molecule has 2 atom stereocenters. The van der Waals surface area contributed by atoms with Gasteiger partial charge in [-0.3, -0.25) is 9.78 Å². The van der Waals surface area contributed by atoms with Gasteiger partial charge in [0, 0.05) is 45.0 Å². The Morgan fingerprint density at radius 1 is 1.30 bits per heavy atom. The average molecular weight is 274 g/mol. The van der Waals surface area contributed by atoms with E-state index in [1.54, 1.807) is 12.4 Å². The zero-order valence-electron chi connectivity index (χ0n) is 12.0. The van der Waals surface area contributed by atoms with Crippen molar-refractivity contribution in [3.8, 4) is 0 Å². The molecule has 3 rings (SSSR count). The molecule has 0 spiro atoms. The highest BCUT2D eigenvalue weighted by molar-refractivity contribution is 5.76. The molecule has 2 aliphatic rings. The lowest BCUT2D eigenvalue weighted by Crippen LogP contribution is -2.40. The van der Waals surface area contributed by atoms with Crippen molar-refractivity contribution in [1.29, 1.82) is 0 Å². The van der Waals surface area contributed by atoms with E-state index < -0.39 is 0 Å². The van der Waals surface area contributed by atoms with Crippen molar-refractivity contribution < 1.29 is 4.79 Å². The van der Waals surface area contributed by atoms with Crippen LogP contribution in [0, 0.1) is 11.8 Å². The molecule has 5 nitrogen and oxygen atoms in total. The number of fused-ring (bicyclic) bond motifs is 1. The molecule has 1 aromatic rings. The van der Waals surface area contributed by atoms with Gasteiger partial charge in [-0.15, -0.1) is 0 Å². The number of nitrogens with zero attached hydrogens (tertiary/aromatic N) is 4. The molecule has 2 saturated heterocycles. The maximum absolute atomic E-state index is 12.0. The number of carbonyl (C=O) groups is 1. The van der Waals surface area contributed by atoms with Gasteiger partial charge in [-0.05, 0) is 24.7 Å². The summed E-state index contributed by atoms with van der Waals surface area (Å²) in [7, 11) is 0. The fourth-order valence-corrected chi connectivity index (χ4v) is 3.41. The standard InChI is InChI=1S/C15H22N4O/c1-2-3-15(20)19-9-12-4-7-18(10-13(12)11-19)14-8-16-5-6-17-14/h5-6,8,12-13H,2-4,7,9-11H2,1H3/t12-,13+/m0/s1. The van der Waals surface area contributed by atoms with Crippen molar-refractivity contribution in [2.45, 2.75) is 26.2 Å². The molecule has 0 N–H and O–H groups in total. The number of amides is 1. The van der Waals surface area contributed by atoms with Gasteiger partial charge >= 0.3 is 0 Å². The Labute approximate surface area is 120 Å². The minimum absolute atomic E-state index is 0.327. The SMILES string of the molecule is CCCC(=O)N1C[C@@H]2CCN(c3cnccn3)C[C@@H]2C1. The van der Waals surface area contributed by atoms with E-state index in [2.05, 4.69) is 26.7 Å². The van der Waals surface area contributed by atoms with Gasteiger partial charge in [0.25, 0.3) is 0 Å². The molecule has 1 aromatic heterocycles. The van der Waals surface area contributed by atoms with Crippen LogP contribution < -0.4 is 4.90 Å². The number of carbonyl (C=O) groups excluding carboxylic acids is 1. The number of piperidine rings is 1. The zero-order valence-corrected chi connectivity index (χ0v) is 12.0. The van der Waals surface area contributed by atoms with Gasteiger partial charge in [-0.25, -0.2) is 4.98 Å². The highest BCUT2D eigenvalue weighted by atomic mass is 16.2. The molecular formula is C15H22N4O. The molecule has 108 valence electrons. The summed E-state index contributed by atoms with van der Waals surface area (Å²) in [6.07, 6.45) is 8.06. The maximum atomic E-state index is 12.0. The van der Waals surface area contributed by atoms with Crippen LogP contribution in [0.15, 0.2) is 18.6 Å². The Morgan fingerprint density at radius 3 is 2.90 bits per heavy atom. The molecule has 2 aliphatic heterocycles. The predicted molar refractivity (Wildman–Crippen MR) is 77.3 cm³/mol. The minimum Gasteiger partial charge on any atom is -0.355 e. The zero-order chi connectivity index (χ0) is 13.9. The van der Waals surface area contributed by atoms with Crippen LogP contribution in [0.3, 0.4) is 0 Å².